The summed E-state index contributed by atoms with van der Waals surface area (Å²) in [5.74, 6) is 0.688. The summed E-state index contributed by atoms with van der Waals surface area (Å²) in [7, 11) is -4.11. The van der Waals surface area contributed by atoms with Crippen LogP contribution in [0.1, 0.15) is 5.56 Å². The molecule has 4 rings (SSSR count). The van der Waals surface area contributed by atoms with Crippen molar-refractivity contribution in [2.24, 2.45) is 0 Å². The summed E-state index contributed by atoms with van der Waals surface area (Å²) in [4.78, 5) is 12.9. The number of benzene rings is 3. The number of anilines is 1. The molecule has 1 amide bonds. The van der Waals surface area contributed by atoms with Gasteiger partial charge in [0.15, 0.2) is 11.5 Å². The van der Waals surface area contributed by atoms with E-state index in [0.29, 0.717) is 11.5 Å². The van der Waals surface area contributed by atoms with Gasteiger partial charge in [-0.3, -0.25) is 9.10 Å². The molecular formula is C24H22Cl2N2O5S. The number of amides is 1. The van der Waals surface area contributed by atoms with Crippen molar-refractivity contribution in [1.82, 2.24) is 5.32 Å². The van der Waals surface area contributed by atoms with Gasteiger partial charge in [-0.1, -0.05) is 53.0 Å². The number of fused-ring (bicyclic) bond motifs is 1. The van der Waals surface area contributed by atoms with E-state index in [9.17, 15) is 13.2 Å². The molecule has 3 aromatic rings. The minimum Gasteiger partial charge on any atom is -0.486 e. The SMILES string of the molecule is Cc1ccc(S(=O)(=O)N(CC(=O)NCC2COc3ccccc3O2)c2cc(Cl)ccc2Cl)cc1. The van der Waals surface area contributed by atoms with E-state index in [0.717, 1.165) is 9.87 Å². The maximum absolute atomic E-state index is 13.5. The quantitative estimate of drug-likeness (QED) is 0.497. The van der Waals surface area contributed by atoms with Crippen molar-refractivity contribution in [1.29, 1.82) is 0 Å². The molecule has 1 heterocycles. The second-order valence-electron chi connectivity index (χ2n) is 7.72. The zero-order valence-corrected chi connectivity index (χ0v) is 20.5. The molecular weight excluding hydrogens is 499 g/mol. The molecule has 1 atom stereocenters. The van der Waals surface area contributed by atoms with E-state index < -0.39 is 28.6 Å². The summed E-state index contributed by atoms with van der Waals surface area (Å²) < 4.78 is 39.4. The van der Waals surface area contributed by atoms with Gasteiger partial charge >= 0.3 is 0 Å². The lowest BCUT2D eigenvalue weighted by Crippen LogP contribution is -2.45. The number of para-hydroxylation sites is 2. The van der Waals surface area contributed by atoms with Gasteiger partial charge in [-0.25, -0.2) is 8.42 Å². The minimum atomic E-state index is -4.11. The second kappa shape index (κ2) is 10.1. The van der Waals surface area contributed by atoms with Crippen LogP contribution in [-0.2, 0) is 14.8 Å². The average Bonchev–Trinajstić information content (AvgIpc) is 2.83. The zero-order valence-electron chi connectivity index (χ0n) is 18.2. The van der Waals surface area contributed by atoms with Crippen molar-refractivity contribution in [3.05, 3.63) is 82.3 Å². The fourth-order valence-corrected chi connectivity index (χ4v) is 5.26. The highest BCUT2D eigenvalue weighted by Gasteiger charge is 2.29. The van der Waals surface area contributed by atoms with Gasteiger partial charge in [0.25, 0.3) is 10.0 Å². The molecule has 34 heavy (non-hydrogen) atoms. The molecule has 0 saturated carbocycles. The molecule has 1 aliphatic rings. The Morgan fingerprint density at radius 1 is 1.06 bits per heavy atom. The van der Waals surface area contributed by atoms with Gasteiger partial charge in [-0.15, -0.1) is 0 Å². The van der Waals surface area contributed by atoms with Crippen molar-refractivity contribution in [2.75, 3.05) is 24.0 Å². The molecule has 0 saturated heterocycles. The highest BCUT2D eigenvalue weighted by atomic mass is 35.5. The fraction of sp³-hybridized carbons (Fsp3) is 0.208. The summed E-state index contributed by atoms with van der Waals surface area (Å²) in [5, 5.41) is 3.16. The third-order valence-electron chi connectivity index (χ3n) is 5.17. The van der Waals surface area contributed by atoms with Gasteiger partial charge in [0.05, 0.1) is 22.2 Å². The van der Waals surface area contributed by atoms with Crippen LogP contribution in [-0.4, -0.2) is 40.1 Å². The molecule has 10 heteroatoms. The number of nitrogens with zero attached hydrogens (tertiary/aromatic N) is 1. The monoisotopic (exact) mass is 520 g/mol. The maximum Gasteiger partial charge on any atom is 0.264 e. The van der Waals surface area contributed by atoms with Crippen LogP contribution in [0.4, 0.5) is 5.69 Å². The predicted octanol–water partition coefficient (Wildman–Crippen LogP) is 4.45. The predicted molar refractivity (Wildman–Crippen MR) is 132 cm³/mol. The Hall–Kier alpha value is -2.94. The lowest BCUT2D eigenvalue weighted by Gasteiger charge is -2.28. The third kappa shape index (κ3) is 5.41. The van der Waals surface area contributed by atoms with Gasteiger partial charge in [0, 0.05) is 5.02 Å². The highest BCUT2D eigenvalue weighted by molar-refractivity contribution is 7.92. The molecule has 0 fully saturated rings. The molecule has 1 unspecified atom stereocenters. The van der Waals surface area contributed by atoms with E-state index in [1.54, 1.807) is 30.3 Å². The molecule has 0 bridgehead atoms. The van der Waals surface area contributed by atoms with Gasteiger partial charge in [-0.2, -0.15) is 0 Å². The Morgan fingerprint density at radius 2 is 1.76 bits per heavy atom. The van der Waals surface area contributed by atoms with Crippen LogP contribution in [0.2, 0.25) is 10.0 Å². The van der Waals surface area contributed by atoms with Crippen molar-refractivity contribution in [2.45, 2.75) is 17.9 Å². The highest BCUT2D eigenvalue weighted by Crippen LogP contribution is 2.33. The van der Waals surface area contributed by atoms with Crippen LogP contribution in [0.15, 0.2) is 71.6 Å². The molecule has 0 aliphatic carbocycles. The first-order valence-electron chi connectivity index (χ1n) is 10.4. The molecule has 1 aliphatic heterocycles. The minimum absolute atomic E-state index is 0.0302. The van der Waals surface area contributed by atoms with Crippen molar-refractivity contribution in [3.8, 4) is 11.5 Å². The number of ether oxygens (including phenoxy) is 2. The number of carbonyl (C=O) groups is 1. The van der Waals surface area contributed by atoms with E-state index in [2.05, 4.69) is 5.32 Å². The van der Waals surface area contributed by atoms with Crippen LogP contribution in [0.5, 0.6) is 11.5 Å². The number of sulfonamides is 1. The van der Waals surface area contributed by atoms with E-state index >= 15 is 0 Å². The smallest absolute Gasteiger partial charge is 0.264 e. The van der Waals surface area contributed by atoms with Gasteiger partial charge in [-0.05, 0) is 49.4 Å². The maximum atomic E-state index is 13.5. The van der Waals surface area contributed by atoms with Crippen LogP contribution < -0.4 is 19.1 Å². The van der Waals surface area contributed by atoms with Crippen molar-refractivity contribution >= 4 is 44.8 Å². The molecule has 0 spiro atoms. The summed E-state index contributed by atoms with van der Waals surface area (Å²) in [6, 6.07) is 18.0. The molecule has 3 aromatic carbocycles. The lowest BCUT2D eigenvalue weighted by atomic mass is 10.2. The standard InChI is InChI=1S/C24H22Cl2N2O5S/c1-16-6-9-19(10-7-16)34(30,31)28(21-12-17(25)8-11-20(21)26)14-24(29)27-13-18-15-32-22-4-2-3-5-23(22)33-18/h2-12,18H,13-15H2,1H3,(H,27,29). The summed E-state index contributed by atoms with van der Waals surface area (Å²) in [6.45, 7) is 1.74. The summed E-state index contributed by atoms with van der Waals surface area (Å²) in [5.41, 5.74) is 1.01. The first kappa shape index (κ1) is 24.2. The Morgan fingerprint density at radius 3 is 2.50 bits per heavy atom. The number of hydrogen-bond donors (Lipinski definition) is 1. The van der Waals surface area contributed by atoms with E-state index in [-0.39, 0.29) is 33.8 Å². The second-order valence-corrected chi connectivity index (χ2v) is 10.4. The van der Waals surface area contributed by atoms with Crippen LogP contribution >= 0.6 is 23.2 Å². The fourth-order valence-electron chi connectivity index (χ4n) is 3.39. The van der Waals surface area contributed by atoms with E-state index in [1.807, 2.05) is 19.1 Å². The summed E-state index contributed by atoms with van der Waals surface area (Å²) >= 11 is 12.4. The summed E-state index contributed by atoms with van der Waals surface area (Å²) in [6.07, 6.45) is -0.421. The topological polar surface area (TPSA) is 84.9 Å². The third-order valence-corrected chi connectivity index (χ3v) is 7.50. The number of carbonyl (C=O) groups excluding carboxylic acids is 1. The van der Waals surface area contributed by atoms with Crippen LogP contribution in [0.25, 0.3) is 0 Å². The molecule has 0 aromatic heterocycles. The molecule has 178 valence electrons. The Kier molecular flexibility index (Phi) is 7.21. The number of halogens is 2. The number of nitrogens with one attached hydrogen (secondary N) is 1. The zero-order chi connectivity index (χ0) is 24.3. The first-order chi connectivity index (χ1) is 16.2. The number of hydrogen-bond acceptors (Lipinski definition) is 5. The van der Waals surface area contributed by atoms with Crippen LogP contribution in [0, 0.1) is 6.92 Å². The van der Waals surface area contributed by atoms with Crippen molar-refractivity contribution < 1.29 is 22.7 Å². The van der Waals surface area contributed by atoms with Crippen molar-refractivity contribution in [3.63, 3.8) is 0 Å². The van der Waals surface area contributed by atoms with E-state index in [1.165, 1.54) is 24.3 Å². The number of rotatable bonds is 7. The lowest BCUT2D eigenvalue weighted by molar-refractivity contribution is -0.120. The Bertz CT molecular complexity index is 1300. The number of aryl methyl sites for hydroxylation is 1. The molecule has 1 N–H and O–H groups in total. The first-order valence-corrected chi connectivity index (χ1v) is 12.6. The Balaban J connectivity index is 1.53. The average molecular weight is 521 g/mol. The normalized spacial score (nSPS) is 15.0. The molecule has 0 radical (unpaired) electrons. The van der Waals surface area contributed by atoms with Gasteiger partial charge < -0.3 is 14.8 Å². The Labute approximate surface area is 208 Å². The van der Waals surface area contributed by atoms with Gasteiger partial charge in [0.1, 0.15) is 19.3 Å². The van der Waals surface area contributed by atoms with E-state index in [4.69, 9.17) is 32.7 Å². The largest absolute Gasteiger partial charge is 0.486 e. The van der Waals surface area contributed by atoms with Gasteiger partial charge in [0.2, 0.25) is 5.91 Å². The molecule has 7 nitrogen and oxygen atoms in total. The van der Waals surface area contributed by atoms with Crippen LogP contribution in [0.3, 0.4) is 0 Å².